The Morgan fingerprint density at radius 2 is 2.00 bits per heavy atom. The minimum absolute atomic E-state index is 0.451. The molecular weight excluding hydrogens is 234 g/mol. The van der Waals surface area contributed by atoms with E-state index in [9.17, 15) is 0 Å². The first-order valence-electron chi connectivity index (χ1n) is 7.57. The zero-order valence-electron chi connectivity index (χ0n) is 12.5. The predicted molar refractivity (Wildman–Crippen MR) is 80.1 cm³/mol. The second kappa shape index (κ2) is 7.01. The van der Waals surface area contributed by atoms with Gasteiger partial charge in [0.15, 0.2) is 0 Å². The molecule has 0 spiro atoms. The van der Waals surface area contributed by atoms with Gasteiger partial charge in [0.05, 0.1) is 0 Å². The third-order valence-electron chi connectivity index (χ3n) is 4.19. The van der Waals surface area contributed by atoms with E-state index >= 15 is 0 Å². The molecule has 2 rings (SSSR count). The van der Waals surface area contributed by atoms with Crippen molar-refractivity contribution in [3.63, 3.8) is 0 Å². The van der Waals surface area contributed by atoms with Crippen molar-refractivity contribution in [2.45, 2.75) is 58.2 Å². The summed E-state index contributed by atoms with van der Waals surface area (Å²) < 4.78 is 0. The van der Waals surface area contributed by atoms with E-state index in [0.717, 1.165) is 6.54 Å². The zero-order chi connectivity index (χ0) is 13.7. The van der Waals surface area contributed by atoms with Crippen LogP contribution in [0.5, 0.6) is 0 Å². The van der Waals surface area contributed by atoms with E-state index in [4.69, 9.17) is 0 Å². The summed E-state index contributed by atoms with van der Waals surface area (Å²) in [5.74, 6) is 0. The van der Waals surface area contributed by atoms with E-state index in [2.05, 4.69) is 48.1 Å². The molecule has 3 nitrogen and oxygen atoms in total. The van der Waals surface area contributed by atoms with E-state index in [1.807, 2.05) is 12.4 Å². The highest BCUT2D eigenvalue weighted by atomic mass is 15.2. The maximum atomic E-state index is 4.12. The molecular formula is C16H27N3. The fraction of sp³-hybridized carbons (Fsp3) is 0.688. The topological polar surface area (TPSA) is 28.2 Å². The van der Waals surface area contributed by atoms with E-state index in [-0.39, 0.29) is 0 Å². The summed E-state index contributed by atoms with van der Waals surface area (Å²) in [5.41, 5.74) is 1.36. The summed E-state index contributed by atoms with van der Waals surface area (Å²) in [5, 5.41) is 3.66. The Bertz CT molecular complexity index is 358. The molecule has 1 N–H and O–H groups in total. The monoisotopic (exact) mass is 261 g/mol. The van der Waals surface area contributed by atoms with Crippen LogP contribution >= 0.6 is 0 Å². The summed E-state index contributed by atoms with van der Waals surface area (Å²) in [6.45, 7) is 9.21. The molecule has 2 unspecified atom stereocenters. The summed E-state index contributed by atoms with van der Waals surface area (Å²) >= 11 is 0. The van der Waals surface area contributed by atoms with Gasteiger partial charge in [-0.2, -0.15) is 0 Å². The van der Waals surface area contributed by atoms with E-state index < -0.39 is 0 Å². The molecule has 0 saturated carbocycles. The van der Waals surface area contributed by atoms with E-state index in [0.29, 0.717) is 18.1 Å². The SMILES string of the molecule is CC(C)N(CC1CCCCN1)C(C)c1ccncc1. The number of nitrogens with zero attached hydrogens (tertiary/aromatic N) is 2. The van der Waals surface area contributed by atoms with Gasteiger partial charge < -0.3 is 5.32 Å². The lowest BCUT2D eigenvalue weighted by molar-refractivity contribution is 0.138. The number of pyridine rings is 1. The molecule has 0 amide bonds. The van der Waals surface area contributed by atoms with Gasteiger partial charge in [-0.3, -0.25) is 9.88 Å². The second-order valence-corrected chi connectivity index (χ2v) is 5.89. The smallest absolute Gasteiger partial charge is 0.0324 e. The fourth-order valence-electron chi connectivity index (χ4n) is 2.98. The molecule has 1 saturated heterocycles. The highest BCUT2D eigenvalue weighted by Crippen LogP contribution is 2.23. The summed E-state index contributed by atoms with van der Waals surface area (Å²) in [4.78, 5) is 6.71. The van der Waals surface area contributed by atoms with Gasteiger partial charge in [-0.1, -0.05) is 6.42 Å². The van der Waals surface area contributed by atoms with Crippen molar-refractivity contribution >= 4 is 0 Å². The average Bonchev–Trinajstić information content (AvgIpc) is 2.46. The first-order valence-corrected chi connectivity index (χ1v) is 7.57. The predicted octanol–water partition coefficient (Wildman–Crippen LogP) is 3.00. The van der Waals surface area contributed by atoms with Gasteiger partial charge in [0.2, 0.25) is 0 Å². The minimum Gasteiger partial charge on any atom is -0.313 e. The Labute approximate surface area is 117 Å². The van der Waals surface area contributed by atoms with Crippen molar-refractivity contribution in [1.29, 1.82) is 0 Å². The number of hydrogen-bond donors (Lipinski definition) is 1. The van der Waals surface area contributed by atoms with Crippen LogP contribution in [0.4, 0.5) is 0 Å². The van der Waals surface area contributed by atoms with Gasteiger partial charge in [-0.25, -0.2) is 0 Å². The van der Waals surface area contributed by atoms with Crippen molar-refractivity contribution in [1.82, 2.24) is 15.2 Å². The van der Waals surface area contributed by atoms with Gasteiger partial charge >= 0.3 is 0 Å². The molecule has 0 aliphatic carbocycles. The normalized spacial score (nSPS) is 21.8. The molecule has 3 heteroatoms. The van der Waals surface area contributed by atoms with Crippen molar-refractivity contribution < 1.29 is 0 Å². The Balaban J connectivity index is 2.02. The maximum absolute atomic E-state index is 4.12. The van der Waals surface area contributed by atoms with Crippen LogP contribution in [0.3, 0.4) is 0 Å². The van der Waals surface area contributed by atoms with Gasteiger partial charge in [0.1, 0.15) is 0 Å². The van der Waals surface area contributed by atoms with E-state index in [1.54, 1.807) is 0 Å². The molecule has 2 heterocycles. The number of hydrogen-bond acceptors (Lipinski definition) is 3. The Morgan fingerprint density at radius 3 is 2.58 bits per heavy atom. The number of nitrogens with one attached hydrogen (secondary N) is 1. The van der Waals surface area contributed by atoms with Crippen LogP contribution in [-0.2, 0) is 0 Å². The van der Waals surface area contributed by atoms with Gasteiger partial charge in [0, 0.05) is 37.1 Å². The van der Waals surface area contributed by atoms with Gasteiger partial charge in [-0.05, 0) is 57.9 Å². The Kier molecular flexibility index (Phi) is 5.34. The molecule has 2 atom stereocenters. The minimum atomic E-state index is 0.451. The van der Waals surface area contributed by atoms with Crippen molar-refractivity contribution in [2.75, 3.05) is 13.1 Å². The second-order valence-electron chi connectivity index (χ2n) is 5.89. The molecule has 0 radical (unpaired) electrons. The fourth-order valence-corrected chi connectivity index (χ4v) is 2.98. The molecule has 1 fully saturated rings. The Morgan fingerprint density at radius 1 is 1.26 bits per heavy atom. The Hall–Kier alpha value is -0.930. The van der Waals surface area contributed by atoms with Crippen LogP contribution in [0.15, 0.2) is 24.5 Å². The van der Waals surface area contributed by atoms with Crippen molar-refractivity contribution in [3.05, 3.63) is 30.1 Å². The van der Waals surface area contributed by atoms with E-state index in [1.165, 1.54) is 31.4 Å². The quantitative estimate of drug-likeness (QED) is 0.883. The van der Waals surface area contributed by atoms with Crippen LogP contribution in [0, 0.1) is 0 Å². The number of piperidine rings is 1. The summed E-state index contributed by atoms with van der Waals surface area (Å²) in [6.07, 6.45) is 7.80. The lowest BCUT2D eigenvalue weighted by Crippen LogP contribution is -2.46. The van der Waals surface area contributed by atoms with Gasteiger partial charge in [0.25, 0.3) is 0 Å². The molecule has 1 aliphatic rings. The van der Waals surface area contributed by atoms with Crippen LogP contribution in [0.25, 0.3) is 0 Å². The molecule has 19 heavy (non-hydrogen) atoms. The molecule has 0 aromatic carbocycles. The maximum Gasteiger partial charge on any atom is 0.0324 e. The third-order valence-corrected chi connectivity index (χ3v) is 4.19. The largest absolute Gasteiger partial charge is 0.313 e. The molecule has 106 valence electrons. The molecule has 1 aliphatic heterocycles. The lowest BCUT2D eigenvalue weighted by Gasteiger charge is -2.37. The van der Waals surface area contributed by atoms with Gasteiger partial charge in [-0.15, -0.1) is 0 Å². The van der Waals surface area contributed by atoms with Crippen LogP contribution < -0.4 is 5.32 Å². The average molecular weight is 261 g/mol. The molecule has 1 aromatic heterocycles. The molecule has 1 aromatic rings. The van der Waals surface area contributed by atoms with Crippen LogP contribution in [-0.4, -0.2) is 35.1 Å². The van der Waals surface area contributed by atoms with Crippen LogP contribution in [0.2, 0.25) is 0 Å². The lowest BCUT2D eigenvalue weighted by atomic mass is 10.0. The standard InChI is InChI=1S/C16H27N3/c1-13(2)19(12-16-6-4-5-9-18-16)14(3)15-7-10-17-11-8-15/h7-8,10-11,13-14,16,18H,4-6,9,12H2,1-3H3. The van der Waals surface area contributed by atoms with Crippen molar-refractivity contribution in [2.24, 2.45) is 0 Å². The number of aromatic nitrogens is 1. The van der Waals surface area contributed by atoms with Crippen LogP contribution in [0.1, 0.15) is 51.6 Å². The third kappa shape index (κ3) is 4.02. The summed E-state index contributed by atoms with van der Waals surface area (Å²) in [6, 6.07) is 5.93. The summed E-state index contributed by atoms with van der Waals surface area (Å²) in [7, 11) is 0. The first kappa shape index (κ1) is 14.5. The molecule has 0 bridgehead atoms. The van der Waals surface area contributed by atoms with Crippen molar-refractivity contribution in [3.8, 4) is 0 Å². The number of rotatable bonds is 5. The highest BCUT2D eigenvalue weighted by molar-refractivity contribution is 5.14. The zero-order valence-corrected chi connectivity index (χ0v) is 12.5. The highest BCUT2D eigenvalue weighted by Gasteiger charge is 2.23. The first-order chi connectivity index (χ1) is 9.18.